The highest BCUT2D eigenvalue weighted by atomic mass is 35.5. The minimum absolute atomic E-state index is 0.00722. The third-order valence-electron chi connectivity index (χ3n) is 4.45. The Morgan fingerprint density at radius 3 is 2.29 bits per heavy atom. The number of sulfonamides is 1. The fraction of sp³-hybridized carbons (Fsp3) is 0.136. The lowest BCUT2D eigenvalue weighted by Gasteiger charge is -2.10. The van der Waals surface area contributed by atoms with Crippen molar-refractivity contribution in [2.24, 2.45) is 0 Å². The molecule has 1 amide bonds. The van der Waals surface area contributed by atoms with E-state index in [1.165, 1.54) is 48.5 Å². The summed E-state index contributed by atoms with van der Waals surface area (Å²) in [6, 6.07) is 15.8. The fourth-order valence-electron chi connectivity index (χ4n) is 2.86. The first kappa shape index (κ1) is 22.9. The van der Waals surface area contributed by atoms with Gasteiger partial charge in [-0.1, -0.05) is 41.9 Å². The summed E-state index contributed by atoms with van der Waals surface area (Å²) < 4.78 is 54.6. The Bertz CT molecular complexity index is 1180. The molecule has 3 rings (SSSR count). The van der Waals surface area contributed by atoms with Crippen LogP contribution in [0.25, 0.3) is 0 Å². The Morgan fingerprint density at radius 1 is 0.903 bits per heavy atom. The van der Waals surface area contributed by atoms with E-state index in [0.717, 1.165) is 0 Å². The van der Waals surface area contributed by atoms with Gasteiger partial charge in [0.25, 0.3) is 0 Å². The molecular weight excluding hydrogens is 446 g/mol. The lowest BCUT2D eigenvalue weighted by molar-refractivity contribution is -0.120. The van der Waals surface area contributed by atoms with Crippen molar-refractivity contribution in [2.45, 2.75) is 24.4 Å². The number of carbonyl (C=O) groups excluding carboxylic acids is 1. The lowest BCUT2D eigenvalue weighted by Crippen LogP contribution is -2.26. The van der Waals surface area contributed by atoms with E-state index in [4.69, 9.17) is 11.6 Å². The van der Waals surface area contributed by atoms with Gasteiger partial charge in [-0.05, 0) is 47.5 Å². The third kappa shape index (κ3) is 6.33. The summed E-state index contributed by atoms with van der Waals surface area (Å²) in [5.74, 6) is -1.48. The Balaban J connectivity index is 1.62. The Labute approximate surface area is 184 Å². The van der Waals surface area contributed by atoms with Gasteiger partial charge >= 0.3 is 0 Å². The van der Waals surface area contributed by atoms with Crippen molar-refractivity contribution < 1.29 is 22.0 Å². The quantitative estimate of drug-likeness (QED) is 0.530. The van der Waals surface area contributed by atoms with Crippen molar-refractivity contribution in [1.82, 2.24) is 10.0 Å². The highest BCUT2D eigenvalue weighted by Crippen LogP contribution is 2.19. The van der Waals surface area contributed by atoms with Gasteiger partial charge in [0, 0.05) is 23.7 Å². The van der Waals surface area contributed by atoms with Gasteiger partial charge in [-0.25, -0.2) is 21.9 Å². The van der Waals surface area contributed by atoms with Crippen LogP contribution in [-0.4, -0.2) is 14.3 Å². The SMILES string of the molecule is O=C(Cc1c(F)cccc1Cl)NCc1cccc(S(=O)(=O)NCc2cccc(F)c2)c1. The zero-order chi connectivity index (χ0) is 22.4. The average Bonchev–Trinajstić information content (AvgIpc) is 2.74. The summed E-state index contributed by atoms with van der Waals surface area (Å²) in [5, 5.41) is 2.78. The summed E-state index contributed by atoms with van der Waals surface area (Å²) in [4.78, 5) is 12.2. The highest BCUT2D eigenvalue weighted by molar-refractivity contribution is 7.89. The molecule has 0 aliphatic carbocycles. The predicted molar refractivity (Wildman–Crippen MR) is 114 cm³/mol. The molecule has 0 spiro atoms. The average molecular weight is 465 g/mol. The number of hydrogen-bond donors (Lipinski definition) is 2. The van der Waals surface area contributed by atoms with E-state index in [0.29, 0.717) is 11.1 Å². The maximum absolute atomic E-state index is 13.8. The number of carbonyl (C=O) groups is 1. The number of rotatable bonds is 8. The maximum Gasteiger partial charge on any atom is 0.240 e. The molecule has 162 valence electrons. The molecule has 3 aromatic carbocycles. The van der Waals surface area contributed by atoms with E-state index in [1.54, 1.807) is 18.2 Å². The number of hydrogen-bond acceptors (Lipinski definition) is 3. The van der Waals surface area contributed by atoms with Gasteiger partial charge in [-0.15, -0.1) is 0 Å². The highest BCUT2D eigenvalue weighted by Gasteiger charge is 2.15. The van der Waals surface area contributed by atoms with Crippen LogP contribution in [-0.2, 0) is 34.3 Å². The molecule has 31 heavy (non-hydrogen) atoms. The van der Waals surface area contributed by atoms with E-state index in [9.17, 15) is 22.0 Å². The molecule has 0 aliphatic rings. The number of nitrogens with one attached hydrogen (secondary N) is 2. The monoisotopic (exact) mass is 464 g/mol. The third-order valence-corrected chi connectivity index (χ3v) is 6.21. The summed E-state index contributed by atoms with van der Waals surface area (Å²) in [6.45, 7) is -0.0113. The first-order valence-electron chi connectivity index (χ1n) is 9.27. The van der Waals surface area contributed by atoms with Crippen LogP contribution < -0.4 is 10.0 Å². The molecule has 0 bridgehead atoms. The molecule has 0 heterocycles. The normalized spacial score (nSPS) is 11.3. The van der Waals surface area contributed by atoms with Crippen LogP contribution in [0.15, 0.2) is 71.6 Å². The maximum atomic E-state index is 13.8. The van der Waals surface area contributed by atoms with Crippen LogP contribution in [0.2, 0.25) is 5.02 Å². The Hall–Kier alpha value is -2.81. The van der Waals surface area contributed by atoms with Crippen molar-refractivity contribution in [1.29, 1.82) is 0 Å². The lowest BCUT2D eigenvalue weighted by atomic mass is 10.1. The van der Waals surface area contributed by atoms with Gasteiger partial charge in [0.15, 0.2) is 0 Å². The van der Waals surface area contributed by atoms with Crippen molar-refractivity contribution in [3.63, 3.8) is 0 Å². The van der Waals surface area contributed by atoms with Crippen LogP contribution >= 0.6 is 11.6 Å². The van der Waals surface area contributed by atoms with Crippen LogP contribution in [0.1, 0.15) is 16.7 Å². The van der Waals surface area contributed by atoms with Gasteiger partial charge < -0.3 is 5.32 Å². The molecule has 3 aromatic rings. The van der Waals surface area contributed by atoms with Crippen molar-refractivity contribution in [3.05, 3.63) is 100 Å². The van der Waals surface area contributed by atoms with Crippen LogP contribution in [0.4, 0.5) is 8.78 Å². The zero-order valence-corrected chi connectivity index (χ0v) is 17.8. The van der Waals surface area contributed by atoms with E-state index < -0.39 is 27.6 Å². The van der Waals surface area contributed by atoms with Gasteiger partial charge in [-0.3, -0.25) is 4.79 Å². The summed E-state index contributed by atoms with van der Waals surface area (Å²) in [6.07, 6.45) is -0.237. The first-order chi connectivity index (χ1) is 14.7. The van der Waals surface area contributed by atoms with E-state index in [2.05, 4.69) is 10.0 Å². The van der Waals surface area contributed by atoms with Crippen LogP contribution in [0.5, 0.6) is 0 Å². The number of amides is 1. The van der Waals surface area contributed by atoms with Gasteiger partial charge in [0.05, 0.1) is 11.3 Å². The van der Waals surface area contributed by atoms with Crippen LogP contribution in [0, 0.1) is 11.6 Å². The van der Waals surface area contributed by atoms with E-state index in [1.807, 2.05) is 0 Å². The molecule has 0 fully saturated rings. The second-order valence-electron chi connectivity index (χ2n) is 6.76. The molecule has 0 atom stereocenters. The van der Waals surface area contributed by atoms with Gasteiger partial charge in [-0.2, -0.15) is 0 Å². The standard InChI is InChI=1S/C22H19ClF2N2O3S/c23-20-8-3-9-21(25)19(20)12-22(28)26-13-16-5-2-7-18(11-16)31(29,30)27-14-15-4-1-6-17(24)10-15/h1-11,27H,12-14H2,(H,26,28). The van der Waals surface area contributed by atoms with Crippen molar-refractivity contribution in [3.8, 4) is 0 Å². The molecule has 0 aliphatic heterocycles. The van der Waals surface area contributed by atoms with Gasteiger partial charge in [0.1, 0.15) is 11.6 Å². The molecule has 0 saturated carbocycles. The summed E-state index contributed by atoms with van der Waals surface area (Å²) in [7, 11) is -3.84. The largest absolute Gasteiger partial charge is 0.352 e. The fourth-order valence-corrected chi connectivity index (χ4v) is 4.17. The van der Waals surface area contributed by atoms with Crippen molar-refractivity contribution in [2.75, 3.05) is 0 Å². The van der Waals surface area contributed by atoms with E-state index >= 15 is 0 Å². The van der Waals surface area contributed by atoms with E-state index in [-0.39, 0.29) is 35.0 Å². The molecule has 0 radical (unpaired) electrons. The molecule has 0 unspecified atom stereocenters. The minimum atomic E-state index is -3.84. The van der Waals surface area contributed by atoms with Gasteiger partial charge in [0.2, 0.25) is 15.9 Å². The number of halogens is 3. The molecule has 5 nitrogen and oxygen atoms in total. The van der Waals surface area contributed by atoms with Crippen LogP contribution in [0.3, 0.4) is 0 Å². The Kier molecular flexibility index (Phi) is 7.37. The molecule has 0 aromatic heterocycles. The first-order valence-corrected chi connectivity index (χ1v) is 11.1. The second kappa shape index (κ2) is 10.00. The number of benzene rings is 3. The summed E-state index contributed by atoms with van der Waals surface area (Å²) >= 11 is 5.93. The second-order valence-corrected chi connectivity index (χ2v) is 8.93. The molecular formula is C22H19ClF2N2O3S. The summed E-state index contributed by atoms with van der Waals surface area (Å²) in [5.41, 5.74) is 1.12. The van der Waals surface area contributed by atoms with Crippen molar-refractivity contribution >= 4 is 27.5 Å². The predicted octanol–water partition coefficient (Wildman–Crippen LogP) is 3.96. The molecule has 0 saturated heterocycles. The minimum Gasteiger partial charge on any atom is -0.352 e. The Morgan fingerprint density at radius 2 is 1.58 bits per heavy atom. The molecule has 2 N–H and O–H groups in total. The smallest absolute Gasteiger partial charge is 0.240 e. The molecule has 9 heteroatoms. The zero-order valence-electron chi connectivity index (χ0n) is 16.2. The topological polar surface area (TPSA) is 75.3 Å².